The number of aromatic nitrogens is 4. The van der Waals surface area contributed by atoms with Crippen molar-refractivity contribution < 1.29 is 24.0 Å². The summed E-state index contributed by atoms with van der Waals surface area (Å²) < 4.78 is 3.26. The molecule has 2 aliphatic carbocycles. The number of nitrogens with zero attached hydrogens (tertiary/aromatic N) is 4. The molecule has 4 heterocycles. The largest absolute Gasteiger partial charge is 0.373 e. The number of nitrogens with one attached hydrogen (secondary N) is 3. The fraction of sp³-hybridized carbons (Fsp3) is 0.163. The van der Waals surface area contributed by atoms with Crippen molar-refractivity contribution in [2.45, 2.75) is 37.8 Å². The van der Waals surface area contributed by atoms with E-state index >= 15 is 0 Å². The molecule has 286 valence electrons. The Morgan fingerprint density at radius 2 is 1.07 bits per heavy atom. The summed E-state index contributed by atoms with van der Waals surface area (Å²) in [7, 11) is 1.60. The molecule has 8 rings (SSSR count). The highest BCUT2D eigenvalue weighted by Crippen LogP contribution is 2.36. The van der Waals surface area contributed by atoms with Gasteiger partial charge in [-0.25, -0.2) is 0 Å². The van der Waals surface area contributed by atoms with Crippen LogP contribution in [0.3, 0.4) is 0 Å². The van der Waals surface area contributed by atoms with Crippen molar-refractivity contribution in [1.82, 2.24) is 24.4 Å². The van der Waals surface area contributed by atoms with Gasteiger partial charge in [0.15, 0.2) is 0 Å². The van der Waals surface area contributed by atoms with Crippen LogP contribution in [0.2, 0.25) is 0 Å². The van der Waals surface area contributed by atoms with Crippen molar-refractivity contribution in [2.75, 3.05) is 17.7 Å². The molecule has 0 fully saturated rings. The third kappa shape index (κ3) is 8.72. The van der Waals surface area contributed by atoms with E-state index in [9.17, 15) is 24.0 Å². The zero-order valence-electron chi connectivity index (χ0n) is 30.8. The minimum absolute atomic E-state index is 0.0163. The Morgan fingerprint density at radius 3 is 1.61 bits per heavy atom. The highest BCUT2D eigenvalue weighted by molar-refractivity contribution is 6.04. The summed E-state index contributed by atoms with van der Waals surface area (Å²) in [6.45, 7) is 0. The topological polar surface area (TPSA) is 191 Å². The third-order valence-corrected chi connectivity index (χ3v) is 9.80. The van der Waals surface area contributed by atoms with E-state index in [0.717, 1.165) is 29.5 Å². The lowest BCUT2D eigenvalue weighted by molar-refractivity contribution is -0.191. The van der Waals surface area contributed by atoms with Crippen LogP contribution in [0, 0.1) is 0 Å². The third-order valence-electron chi connectivity index (χ3n) is 9.80. The Labute approximate surface area is 326 Å². The Balaban J connectivity index is 0.000000182. The van der Waals surface area contributed by atoms with Gasteiger partial charge < -0.3 is 25.1 Å². The van der Waals surface area contributed by atoms with Gasteiger partial charge in [0.2, 0.25) is 0 Å². The lowest BCUT2D eigenvalue weighted by atomic mass is 10.0. The Kier molecular flexibility index (Phi) is 12.5. The highest BCUT2D eigenvalue weighted by atomic mass is 16.2. The summed E-state index contributed by atoms with van der Waals surface area (Å²) in [4.78, 5) is 87.3. The normalized spacial score (nSPS) is 14.5. The molecule has 0 saturated carbocycles. The average Bonchev–Trinajstić information content (AvgIpc) is 3.87. The maximum atomic E-state index is 13.1. The van der Waals surface area contributed by atoms with Gasteiger partial charge in [0.05, 0.1) is 12.1 Å². The van der Waals surface area contributed by atoms with Crippen molar-refractivity contribution >= 4 is 35.2 Å². The molecule has 2 atom stereocenters. The number of benzene rings is 2. The molecule has 0 aliphatic heterocycles. The van der Waals surface area contributed by atoms with E-state index in [1.807, 2.05) is 24.3 Å². The molecule has 0 bridgehead atoms. The first-order valence-corrected chi connectivity index (χ1v) is 18.0. The Bertz CT molecular complexity index is 2570. The predicted octanol–water partition coefficient (Wildman–Crippen LogP) is 4.84. The van der Waals surface area contributed by atoms with E-state index in [4.69, 9.17) is 9.59 Å². The summed E-state index contributed by atoms with van der Waals surface area (Å²) in [5.41, 5.74) is 5.73. The molecule has 0 spiro atoms. The molecule has 0 radical (unpaired) electrons. The molecule has 14 heteroatoms. The number of fused-ring (bicyclic) bond motifs is 2. The first-order valence-electron chi connectivity index (χ1n) is 18.0. The van der Waals surface area contributed by atoms with E-state index < -0.39 is 11.8 Å². The average molecular weight is 764 g/mol. The second-order valence-corrected chi connectivity index (χ2v) is 13.0. The first kappa shape index (κ1) is 39.1. The minimum Gasteiger partial charge on any atom is -0.355 e. The number of hydrogen-bond acceptors (Lipinski definition) is 9. The second-order valence-electron chi connectivity index (χ2n) is 13.0. The summed E-state index contributed by atoms with van der Waals surface area (Å²) in [5.74, 6) is -1.01. The van der Waals surface area contributed by atoms with Gasteiger partial charge in [0.1, 0.15) is 11.1 Å². The number of anilines is 2. The molecule has 3 N–H and O–H groups in total. The number of carbonyl (C=O) groups excluding carboxylic acids is 5. The fourth-order valence-corrected chi connectivity index (χ4v) is 7.22. The van der Waals surface area contributed by atoms with E-state index in [1.165, 1.54) is 11.6 Å². The molecule has 3 amide bonds. The van der Waals surface area contributed by atoms with E-state index in [0.29, 0.717) is 29.8 Å². The molecule has 4 aromatic heterocycles. The van der Waals surface area contributed by atoms with Gasteiger partial charge in [-0.2, -0.15) is 9.59 Å². The number of rotatable bonds is 7. The van der Waals surface area contributed by atoms with Gasteiger partial charge in [-0.1, -0.05) is 36.4 Å². The van der Waals surface area contributed by atoms with Gasteiger partial charge in [0.25, 0.3) is 28.8 Å². The fourth-order valence-electron chi connectivity index (χ4n) is 7.22. The smallest absolute Gasteiger partial charge is 0.355 e. The number of amides is 3. The molecule has 2 aromatic carbocycles. The number of aryl methyl sites for hydroxylation is 1. The van der Waals surface area contributed by atoms with Crippen LogP contribution >= 0.6 is 0 Å². The minimum atomic E-state index is -0.465. The first-order chi connectivity index (χ1) is 27.7. The molecule has 57 heavy (non-hydrogen) atoms. The van der Waals surface area contributed by atoms with Gasteiger partial charge in [-0.05, 0) is 103 Å². The SMILES string of the molecule is CNC(=O)c1cccc2c1CCC2n1cccc(C(=O)Nc2ccncc2)c1=O.O=C(Nc1ccncc1)c1cccn(C2CCc3ccccc32)c1=O.O=C=O. The van der Waals surface area contributed by atoms with E-state index in [1.54, 1.807) is 102 Å². The van der Waals surface area contributed by atoms with Crippen molar-refractivity contribution in [3.63, 3.8) is 0 Å². The van der Waals surface area contributed by atoms with Crippen molar-refractivity contribution in [3.05, 3.63) is 188 Å². The van der Waals surface area contributed by atoms with Crippen LogP contribution in [-0.4, -0.2) is 50.0 Å². The molecule has 2 unspecified atom stereocenters. The van der Waals surface area contributed by atoms with Crippen LogP contribution in [0.1, 0.15) is 78.3 Å². The quantitative estimate of drug-likeness (QED) is 0.204. The van der Waals surface area contributed by atoms with E-state index in [-0.39, 0.29) is 46.4 Å². The van der Waals surface area contributed by atoms with Gasteiger partial charge in [-0.3, -0.25) is 33.9 Å². The molecular formula is C43H37N7O7. The van der Waals surface area contributed by atoms with Gasteiger partial charge >= 0.3 is 6.15 Å². The zero-order chi connectivity index (χ0) is 40.3. The molecule has 14 nitrogen and oxygen atoms in total. The van der Waals surface area contributed by atoms with Crippen molar-refractivity contribution in [1.29, 1.82) is 0 Å². The van der Waals surface area contributed by atoms with Gasteiger partial charge in [-0.15, -0.1) is 0 Å². The van der Waals surface area contributed by atoms with E-state index in [2.05, 4.69) is 38.1 Å². The molecule has 0 saturated heterocycles. The Hall–Kier alpha value is -7.57. The maximum Gasteiger partial charge on any atom is 0.373 e. The summed E-state index contributed by atoms with van der Waals surface area (Å²) in [6.07, 6.45) is 13.2. The lowest BCUT2D eigenvalue weighted by Gasteiger charge is -2.17. The summed E-state index contributed by atoms with van der Waals surface area (Å²) in [5, 5.41) is 8.13. The zero-order valence-corrected chi connectivity index (χ0v) is 30.8. The monoisotopic (exact) mass is 763 g/mol. The number of pyridine rings is 4. The molecular weight excluding hydrogens is 727 g/mol. The Morgan fingerprint density at radius 1 is 0.596 bits per heavy atom. The highest BCUT2D eigenvalue weighted by Gasteiger charge is 2.29. The van der Waals surface area contributed by atoms with Crippen LogP contribution in [0.15, 0.2) is 138 Å². The maximum absolute atomic E-state index is 13.1. The number of hydrogen-bond donors (Lipinski definition) is 3. The second kappa shape index (κ2) is 18.2. The van der Waals surface area contributed by atoms with Crippen LogP contribution in [-0.2, 0) is 22.4 Å². The van der Waals surface area contributed by atoms with Crippen molar-refractivity contribution in [3.8, 4) is 0 Å². The summed E-state index contributed by atoms with van der Waals surface area (Å²) in [6, 6.07) is 26.7. The van der Waals surface area contributed by atoms with Crippen LogP contribution in [0.5, 0.6) is 0 Å². The van der Waals surface area contributed by atoms with Crippen LogP contribution in [0.4, 0.5) is 11.4 Å². The van der Waals surface area contributed by atoms with Crippen LogP contribution in [0.25, 0.3) is 0 Å². The predicted molar refractivity (Wildman–Crippen MR) is 210 cm³/mol. The lowest BCUT2D eigenvalue weighted by Crippen LogP contribution is -2.31. The van der Waals surface area contributed by atoms with Crippen LogP contribution < -0.4 is 27.1 Å². The van der Waals surface area contributed by atoms with Gasteiger partial charge in [0, 0.05) is 61.2 Å². The number of carbonyl (C=O) groups is 3. The summed E-state index contributed by atoms with van der Waals surface area (Å²) >= 11 is 0. The standard InChI is InChI=1S/C22H20N4O3.C20H17N3O2.CO2/c1-23-20(27)17-5-2-4-16-15(17)7-8-19(16)26-13-3-6-18(22(26)29)21(28)25-14-9-11-24-12-10-14;24-19(22-15-9-11-21-12-10-15)17-6-3-13-23(20(17)25)18-8-7-14-4-1-2-5-16(14)18;2-1-3/h2-6,9-13,19H,7-8H2,1H3,(H,23,27)(H,24,25,28);1-6,9-13,18H,7-8H2,(H,21,22,24);. The van der Waals surface area contributed by atoms with Crippen molar-refractivity contribution in [2.24, 2.45) is 0 Å². The molecule has 2 aliphatic rings. The molecule has 6 aromatic rings.